The van der Waals surface area contributed by atoms with E-state index < -0.39 is 5.67 Å². The van der Waals surface area contributed by atoms with Gasteiger partial charge >= 0.3 is 0 Å². The summed E-state index contributed by atoms with van der Waals surface area (Å²) in [4.78, 5) is 12.9. The lowest BCUT2D eigenvalue weighted by Crippen LogP contribution is -2.25. The topological polar surface area (TPSA) is 72.4 Å². The number of rotatable bonds is 4. The quantitative estimate of drug-likeness (QED) is 0.619. The van der Waals surface area contributed by atoms with Crippen molar-refractivity contribution in [2.75, 3.05) is 11.9 Å². The van der Waals surface area contributed by atoms with Gasteiger partial charge < -0.3 is 5.32 Å². The van der Waals surface area contributed by atoms with Crippen molar-refractivity contribution in [3.63, 3.8) is 0 Å². The first-order chi connectivity index (χ1) is 11.9. The van der Waals surface area contributed by atoms with E-state index in [-0.39, 0.29) is 6.54 Å². The van der Waals surface area contributed by atoms with E-state index >= 15 is 0 Å². The highest BCUT2D eigenvalue weighted by atomic mass is 19.1. The van der Waals surface area contributed by atoms with Crippen LogP contribution >= 0.6 is 0 Å². The van der Waals surface area contributed by atoms with Crippen molar-refractivity contribution in [1.29, 1.82) is 0 Å². The van der Waals surface area contributed by atoms with Crippen LogP contribution < -0.4 is 5.32 Å². The van der Waals surface area contributed by atoms with Gasteiger partial charge in [-0.3, -0.25) is 4.40 Å². The average molecular weight is 339 g/mol. The number of hydrogen-bond donors (Lipinski definition) is 1. The lowest BCUT2D eigenvalue weighted by Gasteiger charge is -2.14. The molecule has 0 aliphatic carbocycles. The summed E-state index contributed by atoms with van der Waals surface area (Å²) in [7, 11) is 0. The molecule has 0 aliphatic rings. The van der Waals surface area contributed by atoms with Gasteiger partial charge in [0.05, 0.1) is 24.5 Å². The maximum Gasteiger partial charge on any atom is 0.241 e. The van der Waals surface area contributed by atoms with Crippen molar-refractivity contribution in [2.45, 2.75) is 26.4 Å². The van der Waals surface area contributed by atoms with Crippen molar-refractivity contribution in [3.05, 3.63) is 42.7 Å². The summed E-state index contributed by atoms with van der Waals surface area (Å²) in [5.41, 5.74) is 2.46. The number of nitrogens with zero attached hydrogens (tertiary/aromatic N) is 6. The molecule has 8 heteroatoms. The number of imidazole rings is 1. The van der Waals surface area contributed by atoms with Crippen molar-refractivity contribution >= 4 is 17.2 Å². The molecule has 0 bridgehead atoms. The maximum absolute atomic E-state index is 13.6. The van der Waals surface area contributed by atoms with E-state index in [0.717, 1.165) is 22.3 Å². The number of halogens is 1. The molecule has 4 aromatic heterocycles. The van der Waals surface area contributed by atoms with Gasteiger partial charge in [0.2, 0.25) is 11.7 Å². The van der Waals surface area contributed by atoms with Gasteiger partial charge in [-0.15, -0.1) is 5.10 Å². The van der Waals surface area contributed by atoms with Gasteiger partial charge in [-0.05, 0) is 26.8 Å². The van der Waals surface area contributed by atoms with E-state index in [2.05, 4.69) is 25.4 Å². The van der Waals surface area contributed by atoms with E-state index in [9.17, 15) is 4.39 Å². The Hall–Kier alpha value is -3.03. The number of aryl methyl sites for hydroxylation is 1. The summed E-state index contributed by atoms with van der Waals surface area (Å²) in [6.07, 6.45) is 9.15. The van der Waals surface area contributed by atoms with Crippen molar-refractivity contribution in [1.82, 2.24) is 29.0 Å². The van der Waals surface area contributed by atoms with Gasteiger partial charge in [0.1, 0.15) is 5.67 Å². The van der Waals surface area contributed by atoms with Crippen LogP contribution in [0.2, 0.25) is 0 Å². The molecule has 0 saturated carbocycles. The molecule has 4 heterocycles. The third kappa shape index (κ3) is 2.90. The first kappa shape index (κ1) is 15.5. The zero-order chi connectivity index (χ0) is 17.6. The highest BCUT2D eigenvalue weighted by Crippen LogP contribution is 2.25. The predicted octanol–water partition coefficient (Wildman–Crippen LogP) is 2.91. The minimum absolute atomic E-state index is 0.146. The largest absolute Gasteiger partial charge is 0.350 e. The molecule has 0 radical (unpaired) electrons. The fourth-order valence-corrected chi connectivity index (χ4v) is 2.64. The number of aromatic nitrogens is 6. The molecule has 4 aromatic rings. The first-order valence-electron chi connectivity index (χ1n) is 7.98. The van der Waals surface area contributed by atoms with E-state index in [0.29, 0.717) is 11.7 Å². The summed E-state index contributed by atoms with van der Waals surface area (Å²) in [6, 6.07) is 1.96. The molecule has 7 nitrogen and oxygen atoms in total. The number of alkyl halides is 1. The molecule has 4 rings (SSSR count). The lowest BCUT2D eigenvalue weighted by molar-refractivity contribution is 0.234. The monoisotopic (exact) mass is 339 g/mol. The predicted molar refractivity (Wildman–Crippen MR) is 93.4 cm³/mol. The lowest BCUT2D eigenvalue weighted by atomic mass is 10.1. The van der Waals surface area contributed by atoms with Gasteiger partial charge in [-0.2, -0.15) is 0 Å². The SMILES string of the molecule is Cc1cnc2ncc(-c3ccn4nc(NCC(C)(C)F)ncc34)cn12. The van der Waals surface area contributed by atoms with Crippen LogP contribution in [0, 0.1) is 6.92 Å². The van der Waals surface area contributed by atoms with E-state index in [4.69, 9.17) is 0 Å². The van der Waals surface area contributed by atoms with Gasteiger partial charge in [-0.25, -0.2) is 23.9 Å². The fraction of sp³-hybridized carbons (Fsp3) is 0.294. The minimum Gasteiger partial charge on any atom is -0.350 e. The van der Waals surface area contributed by atoms with Crippen LogP contribution in [0.3, 0.4) is 0 Å². The summed E-state index contributed by atoms with van der Waals surface area (Å²) >= 11 is 0. The van der Waals surface area contributed by atoms with Crippen LogP contribution in [0.15, 0.2) is 37.1 Å². The van der Waals surface area contributed by atoms with Crippen LogP contribution in [0.25, 0.3) is 22.4 Å². The third-order valence-electron chi connectivity index (χ3n) is 3.94. The molecule has 128 valence electrons. The van der Waals surface area contributed by atoms with E-state index in [1.807, 2.05) is 29.8 Å². The Bertz CT molecular complexity index is 1060. The second-order valence-electron chi connectivity index (χ2n) is 6.63. The van der Waals surface area contributed by atoms with E-state index in [1.165, 1.54) is 13.8 Å². The second kappa shape index (κ2) is 5.51. The minimum atomic E-state index is -1.33. The molecule has 1 N–H and O–H groups in total. The Morgan fingerprint density at radius 1 is 1.16 bits per heavy atom. The Kier molecular flexibility index (Phi) is 3.41. The summed E-state index contributed by atoms with van der Waals surface area (Å²) in [6.45, 7) is 5.14. The molecular weight excluding hydrogens is 321 g/mol. The number of hydrogen-bond acceptors (Lipinski definition) is 5. The third-order valence-corrected chi connectivity index (χ3v) is 3.94. The second-order valence-corrected chi connectivity index (χ2v) is 6.63. The van der Waals surface area contributed by atoms with Crippen LogP contribution in [0.4, 0.5) is 10.3 Å². The Morgan fingerprint density at radius 2 is 1.96 bits per heavy atom. The highest BCUT2D eigenvalue weighted by Gasteiger charge is 2.16. The molecule has 0 saturated heterocycles. The zero-order valence-electron chi connectivity index (χ0n) is 14.2. The molecule has 0 aliphatic heterocycles. The molecule has 0 atom stereocenters. The van der Waals surface area contributed by atoms with Crippen molar-refractivity contribution in [2.24, 2.45) is 0 Å². The standard InChI is InChI=1S/C17H18FN7/c1-11-6-20-16-21-7-12(9-24(11)16)13-4-5-25-14(13)8-19-15(23-25)22-10-17(2,3)18/h4-9H,10H2,1-3H3,(H,22,23). The first-order valence-corrected chi connectivity index (χ1v) is 7.98. The van der Waals surface area contributed by atoms with Gasteiger partial charge in [-0.1, -0.05) is 0 Å². The van der Waals surface area contributed by atoms with Crippen LogP contribution in [-0.2, 0) is 0 Å². The van der Waals surface area contributed by atoms with Gasteiger partial charge in [0.15, 0.2) is 0 Å². The van der Waals surface area contributed by atoms with Crippen LogP contribution in [0.1, 0.15) is 19.5 Å². The normalized spacial score (nSPS) is 12.2. The maximum atomic E-state index is 13.6. The number of fused-ring (bicyclic) bond motifs is 2. The Morgan fingerprint density at radius 3 is 2.76 bits per heavy atom. The van der Waals surface area contributed by atoms with Crippen molar-refractivity contribution < 1.29 is 4.39 Å². The number of nitrogens with one attached hydrogen (secondary N) is 1. The Balaban J connectivity index is 1.71. The molecule has 0 amide bonds. The molecule has 0 unspecified atom stereocenters. The van der Waals surface area contributed by atoms with Gasteiger partial charge in [0, 0.05) is 35.4 Å². The molecule has 0 aromatic carbocycles. The van der Waals surface area contributed by atoms with E-state index in [1.54, 1.807) is 23.1 Å². The highest BCUT2D eigenvalue weighted by molar-refractivity contribution is 5.79. The molecular formula is C17H18FN7. The van der Waals surface area contributed by atoms with Crippen LogP contribution in [0.5, 0.6) is 0 Å². The molecule has 25 heavy (non-hydrogen) atoms. The van der Waals surface area contributed by atoms with Crippen LogP contribution in [-0.4, -0.2) is 41.2 Å². The van der Waals surface area contributed by atoms with Crippen molar-refractivity contribution in [3.8, 4) is 11.1 Å². The average Bonchev–Trinajstić information content (AvgIpc) is 3.15. The summed E-state index contributed by atoms with van der Waals surface area (Å²) in [5.74, 6) is 1.06. The fourth-order valence-electron chi connectivity index (χ4n) is 2.64. The summed E-state index contributed by atoms with van der Waals surface area (Å²) in [5, 5.41) is 7.29. The number of anilines is 1. The summed E-state index contributed by atoms with van der Waals surface area (Å²) < 4.78 is 17.3. The zero-order valence-corrected chi connectivity index (χ0v) is 14.2. The Labute approximate surface area is 143 Å². The molecule has 0 spiro atoms. The smallest absolute Gasteiger partial charge is 0.241 e. The molecule has 0 fully saturated rings. The van der Waals surface area contributed by atoms with Gasteiger partial charge in [0.25, 0.3) is 0 Å².